The molecule has 0 aromatic carbocycles. The number of allylic oxidation sites excluding steroid dienone is 2. The first-order valence-electron chi connectivity index (χ1n) is 12.0. The molecular formula is C24H30F3N8O3+. The maximum atomic E-state index is 14.1. The van der Waals surface area contributed by atoms with Crippen LogP contribution >= 0.6 is 0 Å². The van der Waals surface area contributed by atoms with E-state index in [4.69, 9.17) is 25.7 Å². The smallest absolute Gasteiger partial charge is 0.385 e. The fourth-order valence-electron chi connectivity index (χ4n) is 5.10. The van der Waals surface area contributed by atoms with Crippen LogP contribution in [0.25, 0.3) is 5.70 Å². The number of imidazole rings is 1. The van der Waals surface area contributed by atoms with Crippen LogP contribution in [0.2, 0.25) is 0 Å². The summed E-state index contributed by atoms with van der Waals surface area (Å²) in [6.07, 6.45) is 7.59. The van der Waals surface area contributed by atoms with Gasteiger partial charge in [-0.05, 0) is 18.6 Å². The van der Waals surface area contributed by atoms with Gasteiger partial charge in [0, 0.05) is 26.0 Å². The number of nitrogens with two attached hydrogens (primary N) is 2. The summed E-state index contributed by atoms with van der Waals surface area (Å²) in [5, 5.41) is 6.97. The molecule has 0 radical (unpaired) electrons. The van der Waals surface area contributed by atoms with Crippen LogP contribution in [0.3, 0.4) is 0 Å². The van der Waals surface area contributed by atoms with Gasteiger partial charge < -0.3 is 30.7 Å². The molecule has 2 aromatic heterocycles. The average Bonchev–Trinajstić information content (AvgIpc) is 3.65. The Hall–Kier alpha value is -3.43. The van der Waals surface area contributed by atoms with Gasteiger partial charge in [0.1, 0.15) is 17.7 Å². The lowest BCUT2D eigenvalue weighted by Crippen LogP contribution is -2.57. The molecule has 11 nitrogen and oxygen atoms in total. The zero-order chi connectivity index (χ0) is 27.1. The van der Waals surface area contributed by atoms with Crippen molar-refractivity contribution in [3.63, 3.8) is 0 Å². The van der Waals surface area contributed by atoms with E-state index < -0.39 is 23.6 Å². The Morgan fingerprint density at radius 1 is 1.29 bits per heavy atom. The number of ether oxygens (including phenoxy) is 3. The van der Waals surface area contributed by atoms with Crippen molar-refractivity contribution in [2.24, 2.45) is 11.5 Å². The number of likely N-dealkylation sites (N-methyl/N-ethyl adjacent to an activating group) is 1. The second-order valence-electron chi connectivity index (χ2n) is 9.45. The summed E-state index contributed by atoms with van der Waals surface area (Å²) in [4.78, 5) is 8.66. The summed E-state index contributed by atoms with van der Waals surface area (Å²) in [7, 11) is 3.37. The Labute approximate surface area is 216 Å². The van der Waals surface area contributed by atoms with Gasteiger partial charge in [-0.3, -0.25) is 10.00 Å². The van der Waals surface area contributed by atoms with Crippen molar-refractivity contribution in [3.05, 3.63) is 66.2 Å². The largest absolute Gasteiger partial charge is 0.416 e. The summed E-state index contributed by atoms with van der Waals surface area (Å²) in [5.74, 6) is 0.108. The second kappa shape index (κ2) is 9.71. The number of aromatic nitrogens is 4. The predicted molar refractivity (Wildman–Crippen MR) is 134 cm³/mol. The van der Waals surface area contributed by atoms with Crippen LogP contribution in [-0.4, -0.2) is 78.2 Å². The van der Waals surface area contributed by atoms with E-state index in [0.717, 1.165) is 22.5 Å². The first-order chi connectivity index (χ1) is 18.1. The van der Waals surface area contributed by atoms with Crippen molar-refractivity contribution in [2.45, 2.75) is 30.5 Å². The van der Waals surface area contributed by atoms with E-state index in [2.05, 4.69) is 20.2 Å². The van der Waals surface area contributed by atoms with Crippen molar-refractivity contribution >= 4 is 17.3 Å². The quantitative estimate of drug-likeness (QED) is 0.396. The molecule has 1 fully saturated rings. The van der Waals surface area contributed by atoms with Crippen molar-refractivity contribution in [3.8, 4) is 0 Å². The molecule has 1 saturated heterocycles. The molecule has 0 spiro atoms. The van der Waals surface area contributed by atoms with Crippen LogP contribution in [0.15, 0.2) is 60.5 Å². The topological polar surface area (TPSA) is 140 Å². The van der Waals surface area contributed by atoms with Gasteiger partial charge in [-0.25, -0.2) is 9.47 Å². The molecule has 0 bridgehead atoms. The molecular weight excluding hydrogens is 505 g/mol. The number of alkyl halides is 3. The van der Waals surface area contributed by atoms with Crippen LogP contribution in [0, 0.1) is 0 Å². The summed E-state index contributed by atoms with van der Waals surface area (Å²) in [6.45, 7) is 0.991. The van der Waals surface area contributed by atoms with E-state index in [9.17, 15) is 13.2 Å². The number of anilines is 1. The van der Waals surface area contributed by atoms with Gasteiger partial charge in [0.15, 0.2) is 17.4 Å². The summed E-state index contributed by atoms with van der Waals surface area (Å²) < 4.78 is 59.0. The van der Waals surface area contributed by atoms with Gasteiger partial charge in [0.2, 0.25) is 12.2 Å². The zero-order valence-corrected chi connectivity index (χ0v) is 20.9. The summed E-state index contributed by atoms with van der Waals surface area (Å²) in [6, 6.07) is -0.267. The van der Waals surface area contributed by atoms with Gasteiger partial charge in [-0.2, -0.15) is 18.3 Å². The lowest BCUT2D eigenvalue weighted by atomic mass is 9.85. The highest BCUT2D eigenvalue weighted by Crippen LogP contribution is 2.42. The Kier molecular flexibility index (Phi) is 6.69. The Morgan fingerprint density at radius 2 is 2.05 bits per heavy atom. The van der Waals surface area contributed by atoms with Gasteiger partial charge in [0.25, 0.3) is 0 Å². The molecule has 5 rings (SSSR count). The first-order valence-corrected chi connectivity index (χ1v) is 12.0. The molecule has 2 aromatic rings. The molecule has 0 aliphatic carbocycles. The molecule has 38 heavy (non-hydrogen) atoms. The SMILES string of the molecule is COCCC1(N)C=C(N)N(c2ncc(C3=CC=C[C@@H](C4OCCO4)[N+]3(C)c3cn[nH]c3)[nH]2)C=C1C(F)(F)F. The number of hydrogen-bond donors (Lipinski definition) is 4. The monoisotopic (exact) mass is 535 g/mol. The van der Waals surface area contributed by atoms with E-state index in [1.807, 2.05) is 25.3 Å². The average molecular weight is 536 g/mol. The van der Waals surface area contributed by atoms with E-state index in [1.54, 1.807) is 18.6 Å². The first kappa shape index (κ1) is 26.2. The Bertz CT molecular complexity index is 1280. The lowest BCUT2D eigenvalue weighted by Gasteiger charge is -2.42. The van der Waals surface area contributed by atoms with Gasteiger partial charge >= 0.3 is 6.18 Å². The molecule has 204 valence electrons. The van der Waals surface area contributed by atoms with E-state index in [-0.39, 0.29) is 35.3 Å². The van der Waals surface area contributed by atoms with Crippen molar-refractivity contribution in [1.29, 1.82) is 0 Å². The molecule has 5 heterocycles. The van der Waals surface area contributed by atoms with Crippen molar-refractivity contribution < 1.29 is 27.4 Å². The number of rotatable bonds is 7. The third-order valence-corrected chi connectivity index (χ3v) is 7.14. The van der Waals surface area contributed by atoms with Crippen LogP contribution in [0.1, 0.15) is 12.1 Å². The molecule has 0 amide bonds. The zero-order valence-electron chi connectivity index (χ0n) is 20.9. The summed E-state index contributed by atoms with van der Waals surface area (Å²) in [5.41, 5.74) is 11.7. The van der Waals surface area contributed by atoms with Crippen molar-refractivity contribution in [1.82, 2.24) is 24.6 Å². The highest BCUT2D eigenvalue weighted by molar-refractivity contribution is 5.77. The lowest BCUT2D eigenvalue weighted by molar-refractivity contribution is -0.1000. The number of H-pyrrole nitrogens is 2. The fourth-order valence-corrected chi connectivity index (χ4v) is 5.10. The molecule has 2 unspecified atom stereocenters. The Balaban J connectivity index is 1.52. The fraction of sp³-hybridized carbons (Fsp3) is 0.417. The van der Waals surface area contributed by atoms with E-state index in [1.165, 1.54) is 13.2 Å². The number of methoxy groups -OCH3 is 1. The number of quaternary nitrogens is 1. The van der Waals surface area contributed by atoms with Gasteiger partial charge in [-0.15, -0.1) is 0 Å². The molecule has 3 aliphatic rings. The van der Waals surface area contributed by atoms with Crippen LogP contribution in [0.5, 0.6) is 0 Å². The van der Waals surface area contributed by atoms with Gasteiger partial charge in [0.05, 0.1) is 43.8 Å². The van der Waals surface area contributed by atoms with Crippen LogP contribution in [0.4, 0.5) is 24.8 Å². The third kappa shape index (κ3) is 4.43. The predicted octanol–water partition coefficient (Wildman–Crippen LogP) is 2.22. The molecule has 3 aliphatic heterocycles. The number of nitrogens with zero attached hydrogens (tertiary/aromatic N) is 4. The minimum Gasteiger partial charge on any atom is -0.385 e. The van der Waals surface area contributed by atoms with Crippen molar-refractivity contribution in [2.75, 3.05) is 38.9 Å². The minimum atomic E-state index is -4.70. The number of nitrogens with one attached hydrogen (secondary N) is 2. The third-order valence-electron chi connectivity index (χ3n) is 7.14. The molecule has 14 heteroatoms. The minimum absolute atomic E-state index is 0.00717. The second-order valence-corrected chi connectivity index (χ2v) is 9.45. The standard InChI is InChI=1S/C24H30F3N8O3/c1-35(15-11-31-32-12-15)17(4-3-5-18(35)21-37-8-9-38-21)16-13-30-22(33-16)34-14-19(24(25,26)27)23(29,6-7-36-2)10-20(34)28/h3-5,10-14,18,21H,6-9,28-29H2,1-2H3,(H,30,33)(H,31,32)/q+1/t18-,23?,35?/m0/s1. The highest BCUT2D eigenvalue weighted by atomic mass is 19.4. The molecule has 6 N–H and O–H groups in total. The maximum absolute atomic E-state index is 14.1. The maximum Gasteiger partial charge on any atom is 0.416 e. The summed E-state index contributed by atoms with van der Waals surface area (Å²) >= 11 is 0. The number of halogens is 3. The molecule has 3 atom stereocenters. The van der Waals surface area contributed by atoms with E-state index >= 15 is 0 Å². The van der Waals surface area contributed by atoms with Crippen LogP contribution < -0.4 is 20.9 Å². The number of aromatic amines is 2. The molecule has 0 saturated carbocycles. The van der Waals surface area contributed by atoms with Gasteiger partial charge in [-0.1, -0.05) is 6.08 Å². The Morgan fingerprint density at radius 3 is 2.71 bits per heavy atom. The van der Waals surface area contributed by atoms with Crippen LogP contribution in [-0.2, 0) is 14.2 Å². The number of hydrogen-bond acceptors (Lipinski definition) is 8. The highest BCUT2D eigenvalue weighted by Gasteiger charge is 2.49. The normalized spacial score (nSPS) is 28.4. The van der Waals surface area contributed by atoms with E-state index in [0.29, 0.717) is 18.9 Å².